The molecule has 0 spiro atoms. The number of alkyl halides is 1. The first kappa shape index (κ1) is 16.4. The highest BCUT2D eigenvalue weighted by atomic mass is 35.5. The maximum atomic E-state index is 13.2. The van der Waals surface area contributed by atoms with Gasteiger partial charge in [-0.2, -0.15) is 0 Å². The summed E-state index contributed by atoms with van der Waals surface area (Å²) in [5, 5.41) is 0. The van der Waals surface area contributed by atoms with Crippen LogP contribution in [0, 0.1) is 19.7 Å². The normalized spacial score (nSPS) is 12.7. The Hall–Kier alpha value is -0.650. The predicted molar refractivity (Wildman–Crippen MR) is 75.6 cm³/mol. The quantitative estimate of drug-likeness (QED) is 0.850. The number of hydrogen-bond acceptors (Lipinski definition) is 2. The van der Waals surface area contributed by atoms with Gasteiger partial charge in [0.2, 0.25) is 10.0 Å². The topological polar surface area (TPSA) is 46.2 Å². The van der Waals surface area contributed by atoms with Crippen LogP contribution in [0.4, 0.5) is 4.39 Å². The molecule has 0 amide bonds. The van der Waals surface area contributed by atoms with Crippen LogP contribution in [-0.2, 0) is 10.0 Å². The predicted octanol–water partition coefficient (Wildman–Crippen LogP) is 3.13. The van der Waals surface area contributed by atoms with E-state index < -0.39 is 21.4 Å². The molecule has 0 fully saturated rings. The van der Waals surface area contributed by atoms with E-state index in [0.717, 1.165) is 0 Å². The smallest absolute Gasteiger partial charge is 0.207 e. The van der Waals surface area contributed by atoms with Gasteiger partial charge < -0.3 is 0 Å². The van der Waals surface area contributed by atoms with Crippen molar-refractivity contribution in [2.24, 2.45) is 0 Å². The zero-order valence-electron chi connectivity index (χ0n) is 11.5. The molecule has 1 N–H and O–H groups in total. The molecular formula is C13H19ClFNO2S. The number of sulfonamides is 1. The molecule has 0 saturated carbocycles. The zero-order chi connectivity index (χ0) is 14.8. The molecule has 1 aromatic carbocycles. The van der Waals surface area contributed by atoms with E-state index in [2.05, 4.69) is 4.72 Å². The molecule has 1 rings (SSSR count). The van der Waals surface area contributed by atoms with Gasteiger partial charge in [0.05, 0.1) is 4.90 Å². The maximum Gasteiger partial charge on any atom is 0.241 e. The lowest BCUT2D eigenvalue weighted by atomic mass is 10.0. The van der Waals surface area contributed by atoms with Crippen LogP contribution in [0.2, 0.25) is 0 Å². The average Bonchev–Trinajstić information content (AvgIpc) is 2.11. The van der Waals surface area contributed by atoms with Crippen LogP contribution in [-0.4, -0.2) is 19.8 Å². The van der Waals surface area contributed by atoms with Crippen LogP contribution in [0.5, 0.6) is 0 Å². The molecule has 0 bridgehead atoms. The summed E-state index contributed by atoms with van der Waals surface area (Å²) in [6, 6.07) is 2.44. The van der Waals surface area contributed by atoms with Crippen molar-refractivity contribution >= 4 is 21.6 Å². The Balaban J connectivity index is 3.22. The van der Waals surface area contributed by atoms with Crippen molar-refractivity contribution in [2.45, 2.75) is 44.6 Å². The fourth-order valence-electron chi connectivity index (χ4n) is 2.02. The first-order valence-electron chi connectivity index (χ1n) is 5.96. The van der Waals surface area contributed by atoms with Gasteiger partial charge in [0.15, 0.2) is 0 Å². The van der Waals surface area contributed by atoms with Gasteiger partial charge in [-0.1, -0.05) is 0 Å². The summed E-state index contributed by atoms with van der Waals surface area (Å²) < 4.78 is 40.6. The second-order valence-corrected chi connectivity index (χ2v) is 7.29. The van der Waals surface area contributed by atoms with Crippen molar-refractivity contribution in [3.05, 3.63) is 29.1 Å². The van der Waals surface area contributed by atoms with Crippen molar-refractivity contribution < 1.29 is 12.8 Å². The van der Waals surface area contributed by atoms with Crippen LogP contribution < -0.4 is 4.72 Å². The van der Waals surface area contributed by atoms with Crippen molar-refractivity contribution in [1.82, 2.24) is 4.72 Å². The molecule has 0 aromatic heterocycles. The Morgan fingerprint density at radius 3 is 2.16 bits per heavy atom. The molecule has 6 heteroatoms. The van der Waals surface area contributed by atoms with E-state index in [9.17, 15) is 12.8 Å². The van der Waals surface area contributed by atoms with Crippen molar-refractivity contribution in [1.29, 1.82) is 0 Å². The Morgan fingerprint density at radius 2 is 1.74 bits per heavy atom. The molecule has 0 unspecified atom stereocenters. The number of hydrogen-bond donors (Lipinski definition) is 1. The molecule has 1 aromatic rings. The summed E-state index contributed by atoms with van der Waals surface area (Å²) in [4.78, 5) is 0.136. The summed E-state index contributed by atoms with van der Waals surface area (Å²) in [6.45, 7) is 6.70. The van der Waals surface area contributed by atoms with Gasteiger partial charge in [0.1, 0.15) is 5.82 Å². The van der Waals surface area contributed by atoms with Gasteiger partial charge in [-0.05, 0) is 57.4 Å². The van der Waals surface area contributed by atoms with Crippen LogP contribution >= 0.6 is 11.6 Å². The number of nitrogens with one attached hydrogen (secondary N) is 1. The zero-order valence-corrected chi connectivity index (χ0v) is 13.1. The van der Waals surface area contributed by atoms with Gasteiger partial charge in [0.25, 0.3) is 0 Å². The second kappa shape index (κ2) is 5.77. The lowest BCUT2D eigenvalue weighted by Gasteiger charge is -2.26. The third-order valence-corrected chi connectivity index (χ3v) is 5.02. The Bertz CT molecular complexity index is 547. The number of benzene rings is 1. The molecule has 0 heterocycles. The number of aryl methyl sites for hydroxylation is 2. The van der Waals surface area contributed by atoms with Crippen LogP contribution in [0.3, 0.4) is 0 Å². The molecule has 0 aliphatic carbocycles. The molecular weight excluding hydrogens is 289 g/mol. The van der Waals surface area contributed by atoms with E-state index in [-0.39, 0.29) is 4.90 Å². The highest BCUT2D eigenvalue weighted by molar-refractivity contribution is 7.89. The Morgan fingerprint density at radius 1 is 1.26 bits per heavy atom. The molecule has 108 valence electrons. The number of halogens is 2. The highest BCUT2D eigenvalue weighted by Gasteiger charge is 2.28. The lowest BCUT2D eigenvalue weighted by Crippen LogP contribution is -2.44. The maximum absolute atomic E-state index is 13.2. The SMILES string of the molecule is Cc1cc(F)cc(C)c1S(=O)(=O)NC(C)(C)CCCl. The molecule has 3 nitrogen and oxygen atoms in total. The van der Waals surface area contributed by atoms with E-state index in [1.807, 2.05) is 0 Å². The van der Waals surface area contributed by atoms with Gasteiger partial charge >= 0.3 is 0 Å². The third-order valence-electron chi connectivity index (χ3n) is 2.82. The molecule has 0 aliphatic heterocycles. The average molecular weight is 308 g/mol. The van der Waals surface area contributed by atoms with Gasteiger partial charge in [-0.25, -0.2) is 17.5 Å². The van der Waals surface area contributed by atoms with Crippen molar-refractivity contribution in [2.75, 3.05) is 5.88 Å². The minimum atomic E-state index is -3.69. The molecule has 0 radical (unpaired) electrons. The van der Waals surface area contributed by atoms with E-state index in [1.54, 1.807) is 27.7 Å². The largest absolute Gasteiger partial charge is 0.241 e. The van der Waals surface area contributed by atoms with E-state index in [4.69, 9.17) is 11.6 Å². The van der Waals surface area contributed by atoms with E-state index in [1.165, 1.54) is 12.1 Å². The fourth-order valence-corrected chi connectivity index (χ4v) is 4.39. The summed E-state index contributed by atoms with van der Waals surface area (Å²) in [5.41, 5.74) is 0.145. The van der Waals surface area contributed by atoms with Crippen molar-refractivity contribution in [3.63, 3.8) is 0 Å². The first-order chi connectivity index (χ1) is 8.59. The van der Waals surface area contributed by atoms with Crippen LogP contribution in [0.25, 0.3) is 0 Å². The van der Waals surface area contributed by atoms with E-state index >= 15 is 0 Å². The van der Waals surface area contributed by atoms with Crippen LogP contribution in [0.1, 0.15) is 31.4 Å². The van der Waals surface area contributed by atoms with Gasteiger partial charge in [-0.3, -0.25) is 0 Å². The minimum absolute atomic E-state index is 0.136. The molecule has 0 aliphatic rings. The Kier molecular flexibility index (Phi) is 4.98. The van der Waals surface area contributed by atoms with Crippen LogP contribution in [0.15, 0.2) is 17.0 Å². The third kappa shape index (κ3) is 4.16. The molecule has 19 heavy (non-hydrogen) atoms. The number of rotatable bonds is 5. The van der Waals surface area contributed by atoms with Gasteiger partial charge in [-0.15, -0.1) is 11.6 Å². The first-order valence-corrected chi connectivity index (χ1v) is 7.97. The van der Waals surface area contributed by atoms with Gasteiger partial charge in [0, 0.05) is 11.4 Å². The van der Waals surface area contributed by atoms with E-state index in [0.29, 0.717) is 23.4 Å². The van der Waals surface area contributed by atoms with Crippen molar-refractivity contribution in [3.8, 4) is 0 Å². The summed E-state index contributed by atoms with van der Waals surface area (Å²) >= 11 is 5.66. The Labute approximate surface area is 119 Å². The fraction of sp³-hybridized carbons (Fsp3) is 0.538. The second-order valence-electron chi connectivity index (χ2n) is 5.30. The molecule has 0 saturated heterocycles. The standard InChI is InChI=1S/C13H19ClFNO2S/c1-9-7-11(15)8-10(2)12(9)19(17,18)16-13(3,4)5-6-14/h7-8,16H,5-6H2,1-4H3. The summed E-state index contributed by atoms with van der Waals surface area (Å²) in [5.74, 6) is -0.0781. The summed E-state index contributed by atoms with van der Waals surface area (Å²) in [6.07, 6.45) is 0.507. The summed E-state index contributed by atoms with van der Waals surface area (Å²) in [7, 11) is -3.69. The highest BCUT2D eigenvalue weighted by Crippen LogP contribution is 2.23. The lowest BCUT2D eigenvalue weighted by molar-refractivity contribution is 0.441. The monoisotopic (exact) mass is 307 g/mol. The minimum Gasteiger partial charge on any atom is -0.207 e. The molecule has 0 atom stereocenters.